The molecular formula is C32H26N4O5S4. The summed E-state index contributed by atoms with van der Waals surface area (Å²) in [6.07, 6.45) is 2.57. The lowest BCUT2D eigenvalue weighted by atomic mass is 10.2. The van der Waals surface area contributed by atoms with Crippen molar-refractivity contribution in [2.24, 2.45) is 11.7 Å². The monoisotopic (exact) mass is 674 g/mol. The fourth-order valence-electron chi connectivity index (χ4n) is 3.49. The molecule has 0 aromatic heterocycles. The van der Waals surface area contributed by atoms with Crippen LogP contribution in [0, 0.1) is 0 Å². The van der Waals surface area contributed by atoms with Crippen LogP contribution >= 0.6 is 48.0 Å². The molecule has 4 aromatic rings. The molecule has 2 heterocycles. The van der Waals surface area contributed by atoms with E-state index in [9.17, 15) is 14.4 Å². The number of benzene rings is 4. The molecule has 0 aliphatic carbocycles. The molecule has 228 valence electrons. The second kappa shape index (κ2) is 16.6. The van der Waals surface area contributed by atoms with Crippen LogP contribution in [0.2, 0.25) is 0 Å². The van der Waals surface area contributed by atoms with Crippen molar-refractivity contribution in [3.8, 4) is 23.0 Å². The quantitative estimate of drug-likeness (QED) is 0.0758. The molecule has 4 N–H and O–H groups in total. The van der Waals surface area contributed by atoms with Gasteiger partial charge in [-0.15, -0.1) is 0 Å². The van der Waals surface area contributed by atoms with Gasteiger partial charge in [-0.1, -0.05) is 96.5 Å². The summed E-state index contributed by atoms with van der Waals surface area (Å²) in [4.78, 5) is 33.3. The first-order valence-electron chi connectivity index (χ1n) is 13.1. The number of ether oxygens (including phenoxy) is 2. The molecule has 13 heteroatoms. The maximum Gasteiger partial charge on any atom is 0.280 e. The highest BCUT2D eigenvalue weighted by atomic mass is 32.2. The standard InChI is InChI=1S/C16H12N2O2S2.C13H10O2.C3H4N2OS2/c17-18-15(19)14(22-16(18)21)10-11-6-8-13(9-7-11)20-12-4-2-1-3-5-12;14-10-11-6-8-13(9-7-11)15-12-4-2-1-3-5-12;4-5-2(6)1-8-3(5)7/h1-10H,17H2;1-10H;1,4H2/b14-10-;;. The normalized spacial score (nSPS) is 14.8. The predicted molar refractivity (Wildman–Crippen MR) is 187 cm³/mol. The zero-order valence-electron chi connectivity index (χ0n) is 23.5. The first-order chi connectivity index (χ1) is 21.7. The minimum absolute atomic E-state index is 0.111. The van der Waals surface area contributed by atoms with E-state index in [1.807, 2.05) is 84.9 Å². The van der Waals surface area contributed by atoms with Crippen molar-refractivity contribution in [3.05, 3.63) is 125 Å². The SMILES string of the molecule is NN1C(=O)/C(=C/c2ccc(Oc3ccccc3)cc2)SC1=S.NN1C(=O)CSC1=S.O=Cc1ccc(Oc2ccccc2)cc1. The van der Waals surface area contributed by atoms with Gasteiger partial charge in [0.15, 0.2) is 8.64 Å². The lowest BCUT2D eigenvalue weighted by molar-refractivity contribution is -0.124. The molecule has 2 aliphatic rings. The Kier molecular flexibility index (Phi) is 12.4. The fourth-order valence-corrected chi connectivity index (χ4v) is 5.50. The fraction of sp³-hybridized carbons (Fsp3) is 0.0312. The number of thiocarbonyl (C=S) groups is 2. The average Bonchev–Trinajstić information content (AvgIpc) is 3.49. The van der Waals surface area contributed by atoms with Crippen molar-refractivity contribution in [3.63, 3.8) is 0 Å². The number of carbonyl (C=O) groups is 3. The van der Waals surface area contributed by atoms with E-state index >= 15 is 0 Å². The van der Waals surface area contributed by atoms with Crippen LogP contribution in [-0.2, 0) is 9.59 Å². The lowest BCUT2D eigenvalue weighted by Crippen LogP contribution is -2.34. The molecule has 0 unspecified atom stereocenters. The number of carbonyl (C=O) groups excluding carboxylic acids is 3. The van der Waals surface area contributed by atoms with Crippen molar-refractivity contribution in [1.29, 1.82) is 0 Å². The molecule has 0 spiro atoms. The van der Waals surface area contributed by atoms with Crippen molar-refractivity contribution in [1.82, 2.24) is 10.0 Å². The van der Waals surface area contributed by atoms with Crippen LogP contribution in [0.4, 0.5) is 0 Å². The van der Waals surface area contributed by atoms with Crippen LogP contribution in [0.15, 0.2) is 114 Å². The Morgan fingerprint density at radius 1 is 0.644 bits per heavy atom. The highest BCUT2D eigenvalue weighted by Gasteiger charge is 2.29. The van der Waals surface area contributed by atoms with Crippen molar-refractivity contribution >= 4 is 80.8 Å². The maximum absolute atomic E-state index is 11.8. The average molecular weight is 675 g/mol. The van der Waals surface area contributed by atoms with Gasteiger partial charge in [-0.05, 0) is 72.3 Å². The number of para-hydroxylation sites is 2. The maximum atomic E-state index is 11.8. The second-order valence-electron chi connectivity index (χ2n) is 8.96. The zero-order valence-corrected chi connectivity index (χ0v) is 26.7. The summed E-state index contributed by atoms with van der Waals surface area (Å²) < 4.78 is 12.1. The number of aldehydes is 1. The molecule has 45 heavy (non-hydrogen) atoms. The molecule has 6 rings (SSSR count). The highest BCUT2D eigenvalue weighted by molar-refractivity contribution is 8.26. The Morgan fingerprint density at radius 2 is 1.11 bits per heavy atom. The van der Waals surface area contributed by atoms with Crippen molar-refractivity contribution in [2.45, 2.75) is 0 Å². The molecule has 0 radical (unpaired) electrons. The number of amides is 2. The summed E-state index contributed by atoms with van der Waals surface area (Å²) in [6, 6.07) is 33.5. The largest absolute Gasteiger partial charge is 0.457 e. The molecule has 2 amide bonds. The minimum atomic E-state index is -0.278. The van der Waals surface area contributed by atoms with Crippen LogP contribution < -0.4 is 21.2 Å². The molecule has 4 aromatic carbocycles. The smallest absolute Gasteiger partial charge is 0.280 e. The summed E-state index contributed by atoms with van der Waals surface area (Å²) in [7, 11) is 0. The van der Waals surface area contributed by atoms with Gasteiger partial charge in [0.05, 0.1) is 10.7 Å². The van der Waals surface area contributed by atoms with Gasteiger partial charge in [-0.2, -0.15) is 0 Å². The molecule has 2 saturated heterocycles. The lowest BCUT2D eigenvalue weighted by Gasteiger charge is -2.05. The van der Waals surface area contributed by atoms with Gasteiger partial charge in [0.2, 0.25) is 0 Å². The molecule has 0 atom stereocenters. The third-order valence-corrected chi connectivity index (χ3v) is 8.48. The van der Waals surface area contributed by atoms with Gasteiger partial charge in [0, 0.05) is 5.56 Å². The van der Waals surface area contributed by atoms with Crippen LogP contribution in [0.3, 0.4) is 0 Å². The summed E-state index contributed by atoms with van der Waals surface area (Å²) in [5.74, 6) is 13.7. The number of thioether (sulfide) groups is 2. The van der Waals surface area contributed by atoms with E-state index in [4.69, 9.17) is 33.4 Å². The topological polar surface area (TPSA) is 128 Å². The van der Waals surface area contributed by atoms with E-state index in [1.165, 1.54) is 23.5 Å². The van der Waals surface area contributed by atoms with Gasteiger partial charge in [-0.25, -0.2) is 21.7 Å². The number of rotatable bonds is 6. The van der Waals surface area contributed by atoms with E-state index in [-0.39, 0.29) is 11.8 Å². The van der Waals surface area contributed by atoms with Crippen LogP contribution in [0.25, 0.3) is 6.08 Å². The first-order valence-corrected chi connectivity index (χ1v) is 15.7. The molecule has 9 nitrogen and oxygen atoms in total. The van der Waals surface area contributed by atoms with Gasteiger partial charge in [0.1, 0.15) is 29.3 Å². The molecular weight excluding hydrogens is 649 g/mol. The zero-order chi connectivity index (χ0) is 32.2. The van der Waals surface area contributed by atoms with Crippen molar-refractivity contribution < 1.29 is 23.9 Å². The highest BCUT2D eigenvalue weighted by Crippen LogP contribution is 2.31. The van der Waals surface area contributed by atoms with Crippen LogP contribution in [0.1, 0.15) is 15.9 Å². The third-order valence-electron chi connectivity index (χ3n) is 5.76. The first kappa shape index (κ1) is 33.5. The summed E-state index contributed by atoms with van der Waals surface area (Å²) in [5, 5.41) is 1.98. The van der Waals surface area contributed by atoms with Gasteiger partial charge in [0.25, 0.3) is 11.8 Å². The Morgan fingerprint density at radius 3 is 1.47 bits per heavy atom. The number of hydrogen-bond acceptors (Lipinski definition) is 11. The summed E-state index contributed by atoms with van der Waals surface area (Å²) >= 11 is 12.1. The number of nitrogens with zero attached hydrogens (tertiary/aromatic N) is 2. The Labute approximate surface area is 279 Å². The van der Waals surface area contributed by atoms with Gasteiger partial charge >= 0.3 is 0 Å². The van der Waals surface area contributed by atoms with E-state index < -0.39 is 0 Å². The minimum Gasteiger partial charge on any atom is -0.457 e. The van der Waals surface area contributed by atoms with E-state index in [0.717, 1.165) is 44.9 Å². The Bertz CT molecular complexity index is 1670. The second-order valence-corrected chi connectivity index (χ2v) is 12.2. The molecule has 2 aliphatic heterocycles. The van der Waals surface area contributed by atoms with Gasteiger partial charge < -0.3 is 9.47 Å². The number of hydrogen-bond donors (Lipinski definition) is 2. The number of nitrogens with two attached hydrogens (primary N) is 2. The molecule has 0 saturated carbocycles. The Hall–Kier alpha value is -4.37. The summed E-state index contributed by atoms with van der Waals surface area (Å²) in [6.45, 7) is 0. The Balaban J connectivity index is 0.000000172. The summed E-state index contributed by atoms with van der Waals surface area (Å²) in [5.41, 5.74) is 1.53. The van der Waals surface area contributed by atoms with E-state index in [0.29, 0.717) is 24.9 Å². The van der Waals surface area contributed by atoms with Crippen molar-refractivity contribution in [2.75, 3.05) is 5.75 Å². The van der Waals surface area contributed by atoms with Gasteiger partial charge in [-0.3, -0.25) is 14.4 Å². The van der Waals surface area contributed by atoms with Crippen LogP contribution in [-0.4, -0.2) is 42.5 Å². The third kappa shape index (κ3) is 10.1. The van der Waals surface area contributed by atoms with Crippen LogP contribution in [0.5, 0.6) is 23.0 Å². The number of hydrazine groups is 2. The van der Waals surface area contributed by atoms with E-state index in [2.05, 4.69) is 12.2 Å². The predicted octanol–water partition coefficient (Wildman–Crippen LogP) is 6.57. The molecule has 0 bridgehead atoms. The van der Waals surface area contributed by atoms with E-state index in [1.54, 1.807) is 30.3 Å². The molecule has 2 fully saturated rings.